The van der Waals surface area contributed by atoms with Crippen LogP contribution in [0.4, 0.5) is 5.82 Å². The molecule has 1 fully saturated rings. The van der Waals surface area contributed by atoms with Gasteiger partial charge in [-0.25, -0.2) is 9.97 Å². The quantitative estimate of drug-likeness (QED) is 0.437. The molecule has 0 radical (unpaired) electrons. The molecule has 0 atom stereocenters. The molecule has 0 aliphatic carbocycles. The van der Waals surface area contributed by atoms with Gasteiger partial charge in [0.25, 0.3) is 5.91 Å². The van der Waals surface area contributed by atoms with E-state index in [1.807, 2.05) is 36.4 Å². The Bertz CT molecular complexity index is 1250. The third-order valence-corrected chi connectivity index (χ3v) is 6.25. The van der Waals surface area contributed by atoms with Crippen LogP contribution in [0, 0.1) is 6.92 Å². The van der Waals surface area contributed by atoms with Crippen molar-refractivity contribution in [1.82, 2.24) is 20.2 Å². The van der Waals surface area contributed by atoms with Gasteiger partial charge in [0.1, 0.15) is 17.1 Å². The van der Waals surface area contributed by atoms with Gasteiger partial charge in [-0.3, -0.25) is 9.69 Å². The monoisotopic (exact) mass is 467 g/mol. The van der Waals surface area contributed by atoms with Gasteiger partial charge in [-0.05, 0) is 24.6 Å². The van der Waals surface area contributed by atoms with Crippen LogP contribution in [0.3, 0.4) is 0 Å². The van der Waals surface area contributed by atoms with Crippen LogP contribution in [0.15, 0.2) is 83.6 Å². The molecule has 2 aromatic carbocycles. The average Bonchev–Trinajstić information content (AvgIpc) is 3.42. The van der Waals surface area contributed by atoms with Gasteiger partial charge < -0.3 is 14.6 Å². The third-order valence-electron chi connectivity index (χ3n) is 6.25. The summed E-state index contributed by atoms with van der Waals surface area (Å²) in [5.41, 5.74) is 3.89. The molecule has 2 aromatic heterocycles. The van der Waals surface area contributed by atoms with Gasteiger partial charge in [-0.1, -0.05) is 60.2 Å². The number of hydrogen-bond donors (Lipinski definition) is 1. The number of benzene rings is 2. The maximum atomic E-state index is 13.1. The van der Waals surface area contributed by atoms with Gasteiger partial charge in [0.05, 0.1) is 12.8 Å². The molecule has 7 nitrogen and oxygen atoms in total. The Morgan fingerprint density at radius 2 is 1.74 bits per heavy atom. The lowest BCUT2D eigenvalue weighted by Crippen LogP contribution is -2.47. The molecule has 3 heterocycles. The fourth-order valence-electron chi connectivity index (χ4n) is 4.25. The summed E-state index contributed by atoms with van der Waals surface area (Å²) in [7, 11) is 0. The van der Waals surface area contributed by atoms with E-state index in [1.54, 1.807) is 18.5 Å². The zero-order chi connectivity index (χ0) is 24.0. The molecule has 178 valence electrons. The van der Waals surface area contributed by atoms with Crippen molar-refractivity contribution in [2.24, 2.45) is 0 Å². The van der Waals surface area contributed by atoms with E-state index >= 15 is 0 Å². The topological polar surface area (TPSA) is 74.5 Å². The Labute approximate surface area is 205 Å². The van der Waals surface area contributed by atoms with E-state index in [0.717, 1.165) is 38.3 Å². The van der Waals surface area contributed by atoms with Crippen LogP contribution in [-0.2, 0) is 13.1 Å². The smallest absolute Gasteiger partial charge is 0.256 e. The molecular formula is C28H29N5O2. The van der Waals surface area contributed by atoms with Crippen LogP contribution in [0.5, 0.6) is 0 Å². The lowest BCUT2D eigenvalue weighted by molar-refractivity contribution is 0.0947. The molecule has 4 aromatic rings. The first-order chi connectivity index (χ1) is 17.2. The van der Waals surface area contributed by atoms with E-state index in [1.165, 1.54) is 11.1 Å². The highest BCUT2D eigenvalue weighted by atomic mass is 16.3. The maximum absolute atomic E-state index is 13.1. The highest BCUT2D eigenvalue weighted by Gasteiger charge is 2.24. The second-order valence-electron chi connectivity index (χ2n) is 8.81. The molecule has 1 aliphatic heterocycles. The molecule has 7 heteroatoms. The number of carbonyl (C=O) groups excluding carboxylic acids is 1. The van der Waals surface area contributed by atoms with Gasteiger partial charge in [0, 0.05) is 44.5 Å². The zero-order valence-corrected chi connectivity index (χ0v) is 19.9. The Morgan fingerprint density at radius 3 is 2.46 bits per heavy atom. The molecule has 1 amide bonds. The number of anilines is 1. The van der Waals surface area contributed by atoms with E-state index < -0.39 is 0 Å². The second-order valence-corrected chi connectivity index (χ2v) is 8.81. The van der Waals surface area contributed by atoms with Crippen molar-refractivity contribution in [2.75, 3.05) is 31.1 Å². The molecule has 0 saturated carbocycles. The Kier molecular flexibility index (Phi) is 6.86. The van der Waals surface area contributed by atoms with Crippen molar-refractivity contribution in [1.29, 1.82) is 0 Å². The van der Waals surface area contributed by atoms with E-state index in [2.05, 4.69) is 51.3 Å². The zero-order valence-electron chi connectivity index (χ0n) is 19.9. The number of nitrogens with zero attached hydrogens (tertiary/aromatic N) is 4. The summed E-state index contributed by atoms with van der Waals surface area (Å²) < 4.78 is 5.35. The molecule has 0 unspecified atom stereocenters. The summed E-state index contributed by atoms with van der Waals surface area (Å²) in [6, 6.07) is 22.3. The number of amides is 1. The number of aryl methyl sites for hydroxylation is 1. The first-order valence-electron chi connectivity index (χ1n) is 11.9. The Morgan fingerprint density at radius 1 is 0.971 bits per heavy atom. The predicted molar refractivity (Wildman–Crippen MR) is 136 cm³/mol. The lowest BCUT2D eigenvalue weighted by atomic mass is 10.1. The predicted octanol–water partition coefficient (Wildman–Crippen LogP) is 4.30. The molecule has 1 N–H and O–H groups in total. The SMILES string of the molecule is Cc1ccc(-c2ncc(C(=O)NCc3ccco3)c(N3CCN(Cc4ccccc4)CC3)n2)cc1. The highest BCUT2D eigenvalue weighted by molar-refractivity contribution is 5.98. The van der Waals surface area contributed by atoms with Gasteiger partial charge in [-0.15, -0.1) is 0 Å². The molecule has 35 heavy (non-hydrogen) atoms. The van der Waals surface area contributed by atoms with Crippen molar-refractivity contribution >= 4 is 11.7 Å². The Hall–Kier alpha value is -3.97. The molecule has 5 rings (SSSR count). The summed E-state index contributed by atoms with van der Waals surface area (Å²) in [6.45, 7) is 6.65. The molecule has 0 bridgehead atoms. The van der Waals surface area contributed by atoms with Crippen LogP contribution >= 0.6 is 0 Å². The van der Waals surface area contributed by atoms with E-state index in [9.17, 15) is 4.79 Å². The lowest BCUT2D eigenvalue weighted by Gasteiger charge is -2.36. The van der Waals surface area contributed by atoms with Crippen LogP contribution in [0.1, 0.15) is 27.2 Å². The molecule has 0 spiro atoms. The number of nitrogens with one attached hydrogen (secondary N) is 1. The van der Waals surface area contributed by atoms with Crippen LogP contribution in [0.25, 0.3) is 11.4 Å². The summed E-state index contributed by atoms with van der Waals surface area (Å²) in [5.74, 6) is 1.78. The normalized spacial score (nSPS) is 14.1. The summed E-state index contributed by atoms with van der Waals surface area (Å²) in [5, 5.41) is 2.94. The number of furan rings is 1. The molecule has 1 saturated heterocycles. The standard InChI is InChI=1S/C28H29N5O2/c1-21-9-11-23(12-10-21)26-29-19-25(28(34)30-18-24-8-5-17-35-24)27(31-26)33-15-13-32(14-16-33)20-22-6-3-2-4-7-22/h2-12,17,19H,13-16,18,20H2,1H3,(H,30,34). The van der Waals surface area contributed by atoms with Crippen LogP contribution in [-0.4, -0.2) is 47.0 Å². The van der Waals surface area contributed by atoms with Gasteiger partial charge in [0.15, 0.2) is 5.82 Å². The summed E-state index contributed by atoms with van der Waals surface area (Å²) in [4.78, 5) is 27.2. The largest absolute Gasteiger partial charge is 0.467 e. The summed E-state index contributed by atoms with van der Waals surface area (Å²) in [6.07, 6.45) is 3.24. The van der Waals surface area contributed by atoms with Crippen LogP contribution in [0.2, 0.25) is 0 Å². The van der Waals surface area contributed by atoms with Crippen molar-refractivity contribution in [3.05, 3.63) is 102 Å². The minimum Gasteiger partial charge on any atom is -0.467 e. The van der Waals surface area contributed by atoms with Crippen molar-refractivity contribution in [3.63, 3.8) is 0 Å². The molecule has 1 aliphatic rings. The number of aromatic nitrogens is 2. The maximum Gasteiger partial charge on any atom is 0.256 e. The van der Waals surface area contributed by atoms with Gasteiger partial charge in [0.2, 0.25) is 0 Å². The average molecular weight is 468 g/mol. The van der Waals surface area contributed by atoms with Crippen molar-refractivity contribution in [3.8, 4) is 11.4 Å². The van der Waals surface area contributed by atoms with Gasteiger partial charge >= 0.3 is 0 Å². The first kappa shape index (κ1) is 22.8. The number of carbonyl (C=O) groups is 1. The van der Waals surface area contributed by atoms with Gasteiger partial charge in [-0.2, -0.15) is 0 Å². The fraction of sp³-hybridized carbons (Fsp3) is 0.250. The van der Waals surface area contributed by atoms with Crippen molar-refractivity contribution in [2.45, 2.75) is 20.0 Å². The second kappa shape index (κ2) is 10.5. The van der Waals surface area contributed by atoms with E-state index in [-0.39, 0.29) is 5.91 Å². The minimum absolute atomic E-state index is 0.210. The third kappa shape index (κ3) is 5.58. The van der Waals surface area contributed by atoms with E-state index in [4.69, 9.17) is 9.40 Å². The minimum atomic E-state index is -0.210. The molecular weight excluding hydrogens is 438 g/mol. The van der Waals surface area contributed by atoms with E-state index in [0.29, 0.717) is 29.5 Å². The Balaban J connectivity index is 1.36. The fourth-order valence-corrected chi connectivity index (χ4v) is 4.25. The number of piperazine rings is 1. The highest BCUT2D eigenvalue weighted by Crippen LogP contribution is 2.24. The first-order valence-corrected chi connectivity index (χ1v) is 11.9. The van der Waals surface area contributed by atoms with Crippen molar-refractivity contribution < 1.29 is 9.21 Å². The number of rotatable bonds is 7. The summed E-state index contributed by atoms with van der Waals surface area (Å²) >= 11 is 0. The number of hydrogen-bond acceptors (Lipinski definition) is 6. The van der Waals surface area contributed by atoms with Crippen LogP contribution < -0.4 is 10.2 Å².